The van der Waals surface area contributed by atoms with Gasteiger partial charge >= 0.3 is 5.97 Å². The van der Waals surface area contributed by atoms with Crippen LogP contribution in [0.5, 0.6) is 0 Å². The highest BCUT2D eigenvalue weighted by Gasteiger charge is 2.10. The quantitative estimate of drug-likeness (QED) is 0.696. The zero-order chi connectivity index (χ0) is 12.8. The number of hydrogen-bond acceptors (Lipinski definition) is 4. The molecule has 0 bridgehead atoms. The van der Waals surface area contributed by atoms with Gasteiger partial charge in [0.15, 0.2) is 0 Å². The van der Waals surface area contributed by atoms with Gasteiger partial charge in [-0.05, 0) is 19.1 Å². The van der Waals surface area contributed by atoms with Crippen LogP contribution in [0.15, 0.2) is 12.1 Å². The normalized spacial score (nSPS) is 12.1. The molecule has 17 heavy (non-hydrogen) atoms. The third kappa shape index (κ3) is 4.54. The molecule has 5 nitrogen and oxygen atoms in total. The van der Waals surface area contributed by atoms with Gasteiger partial charge in [0.05, 0.1) is 12.5 Å². The summed E-state index contributed by atoms with van der Waals surface area (Å²) in [4.78, 5) is 23.6. The molecule has 6 heteroatoms. The van der Waals surface area contributed by atoms with Crippen molar-refractivity contribution in [3.63, 3.8) is 0 Å². The highest BCUT2D eigenvalue weighted by molar-refractivity contribution is 7.12. The van der Waals surface area contributed by atoms with Gasteiger partial charge in [-0.2, -0.15) is 0 Å². The van der Waals surface area contributed by atoms with Crippen LogP contribution in [0.2, 0.25) is 0 Å². The molecule has 0 spiro atoms. The van der Waals surface area contributed by atoms with Crippen molar-refractivity contribution in [2.75, 3.05) is 7.05 Å². The Kier molecular flexibility index (Phi) is 5.11. The molecule has 0 fully saturated rings. The van der Waals surface area contributed by atoms with E-state index in [1.165, 1.54) is 11.3 Å². The number of rotatable bonds is 6. The molecule has 1 heterocycles. The van der Waals surface area contributed by atoms with Gasteiger partial charge in [0.1, 0.15) is 0 Å². The first-order valence-electron chi connectivity index (χ1n) is 5.27. The van der Waals surface area contributed by atoms with Crippen LogP contribution in [0, 0.1) is 0 Å². The fourth-order valence-electron chi connectivity index (χ4n) is 1.32. The molecular formula is C11H16N2O3S. The molecule has 1 atom stereocenters. The largest absolute Gasteiger partial charge is 0.481 e. The Morgan fingerprint density at radius 3 is 2.65 bits per heavy atom. The van der Waals surface area contributed by atoms with E-state index in [0.717, 1.165) is 9.75 Å². The van der Waals surface area contributed by atoms with E-state index in [-0.39, 0.29) is 18.4 Å². The molecule has 0 aliphatic heterocycles. The van der Waals surface area contributed by atoms with Crippen molar-refractivity contribution in [1.82, 2.24) is 10.6 Å². The van der Waals surface area contributed by atoms with Gasteiger partial charge in [-0.3, -0.25) is 9.59 Å². The summed E-state index contributed by atoms with van der Waals surface area (Å²) < 4.78 is 0. The van der Waals surface area contributed by atoms with Crippen molar-refractivity contribution in [2.45, 2.75) is 25.9 Å². The number of likely N-dealkylation sites (N-methyl/N-ethyl adjacent to an activating group) is 1. The average Bonchev–Trinajstić information content (AvgIpc) is 2.71. The molecular weight excluding hydrogens is 240 g/mol. The fraction of sp³-hybridized carbons (Fsp3) is 0.455. The number of hydrogen-bond donors (Lipinski definition) is 3. The first kappa shape index (κ1) is 13.7. The smallest absolute Gasteiger partial charge is 0.308 e. The van der Waals surface area contributed by atoms with Gasteiger partial charge in [0.25, 0.3) is 0 Å². The molecule has 1 aromatic heterocycles. The Labute approximate surface area is 104 Å². The van der Waals surface area contributed by atoms with Crippen LogP contribution in [0.4, 0.5) is 0 Å². The summed E-state index contributed by atoms with van der Waals surface area (Å²) >= 11 is 1.45. The van der Waals surface area contributed by atoms with E-state index >= 15 is 0 Å². The Bertz CT molecular complexity index is 403. The van der Waals surface area contributed by atoms with Crippen molar-refractivity contribution >= 4 is 23.2 Å². The third-order valence-electron chi connectivity index (χ3n) is 2.26. The second-order valence-corrected chi connectivity index (χ2v) is 4.91. The van der Waals surface area contributed by atoms with Crippen LogP contribution in [0.25, 0.3) is 0 Å². The number of carbonyl (C=O) groups excluding carboxylic acids is 1. The van der Waals surface area contributed by atoms with Crippen LogP contribution in [-0.4, -0.2) is 30.1 Å². The molecule has 0 saturated carbocycles. The minimum absolute atomic E-state index is 0.0513. The minimum atomic E-state index is -0.829. The van der Waals surface area contributed by atoms with Gasteiger partial charge in [-0.15, -0.1) is 11.3 Å². The Morgan fingerprint density at radius 1 is 1.41 bits per heavy atom. The highest BCUT2D eigenvalue weighted by Crippen LogP contribution is 2.16. The minimum Gasteiger partial charge on any atom is -0.481 e. The Balaban J connectivity index is 2.44. The maximum Gasteiger partial charge on any atom is 0.308 e. The monoisotopic (exact) mass is 256 g/mol. The SMILES string of the molecule is CNC(=O)C(C)NCc1ccc(CC(=O)O)s1. The van der Waals surface area contributed by atoms with Crippen molar-refractivity contribution in [2.24, 2.45) is 0 Å². The van der Waals surface area contributed by atoms with E-state index in [2.05, 4.69) is 10.6 Å². The second kappa shape index (κ2) is 6.36. The molecule has 1 rings (SSSR count). The molecule has 0 saturated heterocycles. The van der Waals surface area contributed by atoms with Crippen molar-refractivity contribution < 1.29 is 14.7 Å². The van der Waals surface area contributed by atoms with Gasteiger partial charge in [-0.25, -0.2) is 0 Å². The van der Waals surface area contributed by atoms with E-state index in [1.807, 2.05) is 6.07 Å². The highest BCUT2D eigenvalue weighted by atomic mass is 32.1. The summed E-state index contributed by atoms with van der Waals surface area (Å²) in [5.41, 5.74) is 0. The van der Waals surface area contributed by atoms with Gasteiger partial charge in [-0.1, -0.05) is 0 Å². The van der Waals surface area contributed by atoms with Crippen LogP contribution in [-0.2, 0) is 22.6 Å². The standard InChI is InChI=1S/C11H16N2O3S/c1-7(11(16)12-2)13-6-9-4-3-8(17-9)5-10(14)15/h3-4,7,13H,5-6H2,1-2H3,(H,12,16)(H,14,15). The predicted molar refractivity (Wildman–Crippen MR) is 66.0 cm³/mol. The van der Waals surface area contributed by atoms with Crippen LogP contribution >= 0.6 is 11.3 Å². The molecule has 94 valence electrons. The van der Waals surface area contributed by atoms with Gasteiger partial charge in [0, 0.05) is 23.3 Å². The number of carboxylic acid groups (broad SMARTS) is 1. The van der Waals surface area contributed by atoms with Crippen LogP contribution < -0.4 is 10.6 Å². The van der Waals surface area contributed by atoms with Crippen LogP contribution in [0.1, 0.15) is 16.7 Å². The lowest BCUT2D eigenvalue weighted by molar-refractivity contribution is -0.136. The average molecular weight is 256 g/mol. The lowest BCUT2D eigenvalue weighted by Gasteiger charge is -2.10. The molecule has 0 aliphatic carbocycles. The third-order valence-corrected chi connectivity index (χ3v) is 3.35. The lowest BCUT2D eigenvalue weighted by atomic mass is 10.3. The molecule has 0 radical (unpaired) electrons. The summed E-state index contributed by atoms with van der Waals surface area (Å²) in [6.45, 7) is 2.35. The van der Waals surface area contributed by atoms with E-state index in [9.17, 15) is 9.59 Å². The van der Waals surface area contributed by atoms with Crippen LogP contribution in [0.3, 0.4) is 0 Å². The number of carboxylic acids is 1. The summed E-state index contributed by atoms with van der Waals surface area (Å²) in [7, 11) is 1.59. The zero-order valence-electron chi connectivity index (χ0n) is 9.82. The van der Waals surface area contributed by atoms with E-state index < -0.39 is 5.97 Å². The summed E-state index contributed by atoms with van der Waals surface area (Å²) in [6, 6.07) is 3.43. The molecule has 1 amide bonds. The number of thiophene rings is 1. The summed E-state index contributed by atoms with van der Waals surface area (Å²) in [5.74, 6) is -0.891. The molecule has 0 aliphatic rings. The first-order chi connectivity index (χ1) is 8.02. The number of carbonyl (C=O) groups is 2. The Hall–Kier alpha value is -1.40. The number of aliphatic carboxylic acids is 1. The van der Waals surface area contributed by atoms with E-state index in [1.54, 1.807) is 20.0 Å². The molecule has 3 N–H and O–H groups in total. The second-order valence-electron chi connectivity index (χ2n) is 3.66. The van der Waals surface area contributed by atoms with E-state index in [0.29, 0.717) is 6.54 Å². The molecule has 1 unspecified atom stereocenters. The zero-order valence-corrected chi connectivity index (χ0v) is 10.6. The summed E-state index contributed by atoms with van der Waals surface area (Å²) in [6.07, 6.45) is 0.0513. The summed E-state index contributed by atoms with van der Waals surface area (Å²) in [5, 5.41) is 14.3. The van der Waals surface area contributed by atoms with Gasteiger partial charge < -0.3 is 15.7 Å². The maximum absolute atomic E-state index is 11.2. The predicted octanol–water partition coefficient (Wildman–Crippen LogP) is 0.599. The maximum atomic E-state index is 11.2. The van der Waals surface area contributed by atoms with Crippen molar-refractivity contribution in [1.29, 1.82) is 0 Å². The topological polar surface area (TPSA) is 78.4 Å². The molecule has 1 aromatic rings. The van der Waals surface area contributed by atoms with Crippen molar-refractivity contribution in [3.8, 4) is 0 Å². The lowest BCUT2D eigenvalue weighted by Crippen LogP contribution is -2.40. The fourth-order valence-corrected chi connectivity index (χ4v) is 2.28. The van der Waals surface area contributed by atoms with E-state index in [4.69, 9.17) is 5.11 Å². The molecule has 0 aromatic carbocycles. The first-order valence-corrected chi connectivity index (χ1v) is 6.09. The number of nitrogens with one attached hydrogen (secondary N) is 2. The Morgan fingerprint density at radius 2 is 2.06 bits per heavy atom. The van der Waals surface area contributed by atoms with Crippen molar-refractivity contribution in [3.05, 3.63) is 21.9 Å². The van der Waals surface area contributed by atoms with Gasteiger partial charge in [0.2, 0.25) is 5.91 Å². The number of amides is 1.